The fourth-order valence-corrected chi connectivity index (χ4v) is 3.47. The van der Waals surface area contributed by atoms with Gasteiger partial charge in [-0.2, -0.15) is 0 Å². The fourth-order valence-electron chi connectivity index (χ4n) is 1.91. The summed E-state index contributed by atoms with van der Waals surface area (Å²) in [7, 11) is 0. The third-order valence-electron chi connectivity index (χ3n) is 2.67. The van der Waals surface area contributed by atoms with Crippen molar-refractivity contribution in [3.8, 4) is 0 Å². The maximum Gasteiger partial charge on any atom is 0.258 e. The summed E-state index contributed by atoms with van der Waals surface area (Å²) in [6, 6.07) is 2.86. The van der Waals surface area contributed by atoms with E-state index in [9.17, 15) is 8.78 Å². The van der Waals surface area contributed by atoms with Crippen molar-refractivity contribution in [2.24, 2.45) is 0 Å². The Labute approximate surface area is 106 Å². The average Bonchev–Trinajstić information content (AvgIpc) is 2.66. The topological polar surface area (TPSA) is 15.3 Å². The normalized spacial score (nSPS) is 20.2. The van der Waals surface area contributed by atoms with Crippen LogP contribution in [0.4, 0.5) is 8.78 Å². The molecule has 1 aliphatic rings. The average molecular weight is 311 g/mol. The molecule has 0 radical (unpaired) electrons. The molecule has 16 heavy (non-hydrogen) atoms. The second-order valence-corrected chi connectivity index (χ2v) is 6.20. The van der Waals surface area contributed by atoms with Crippen LogP contribution >= 0.6 is 27.3 Å². The molecule has 0 saturated carbocycles. The van der Waals surface area contributed by atoms with E-state index in [1.54, 1.807) is 6.07 Å². The van der Waals surface area contributed by atoms with Crippen molar-refractivity contribution < 1.29 is 8.78 Å². The number of thiophene rings is 1. The number of piperazine rings is 1. The number of alkyl halides is 2. The van der Waals surface area contributed by atoms with Crippen LogP contribution in [-0.4, -0.2) is 37.5 Å². The highest BCUT2D eigenvalue weighted by atomic mass is 79.9. The first-order valence-electron chi connectivity index (χ1n) is 5.16. The summed E-state index contributed by atoms with van der Waals surface area (Å²) >= 11 is 4.71. The maximum atomic E-state index is 13.1. The predicted molar refractivity (Wildman–Crippen MR) is 65.2 cm³/mol. The Morgan fingerprint density at radius 3 is 2.50 bits per heavy atom. The summed E-state index contributed by atoms with van der Waals surface area (Å²) in [6.07, 6.45) is -2.33. The van der Waals surface area contributed by atoms with Crippen LogP contribution in [0.3, 0.4) is 0 Å². The Morgan fingerprint density at radius 1 is 1.31 bits per heavy atom. The van der Waals surface area contributed by atoms with E-state index >= 15 is 0 Å². The minimum Gasteiger partial charge on any atom is -0.314 e. The van der Waals surface area contributed by atoms with Crippen molar-refractivity contribution in [1.29, 1.82) is 0 Å². The van der Waals surface area contributed by atoms with E-state index in [1.165, 1.54) is 11.3 Å². The number of hydrogen-bond donors (Lipinski definition) is 1. The van der Waals surface area contributed by atoms with Crippen LogP contribution in [0.25, 0.3) is 0 Å². The Morgan fingerprint density at radius 2 is 2.00 bits per heavy atom. The fraction of sp³-hybridized carbons (Fsp3) is 0.600. The quantitative estimate of drug-likeness (QED) is 0.923. The van der Waals surface area contributed by atoms with Crippen molar-refractivity contribution in [3.63, 3.8) is 0 Å². The second-order valence-electron chi connectivity index (χ2n) is 3.71. The minimum absolute atomic E-state index is 0.685. The van der Waals surface area contributed by atoms with Gasteiger partial charge in [0.1, 0.15) is 6.04 Å². The summed E-state index contributed by atoms with van der Waals surface area (Å²) in [4.78, 5) is 2.60. The molecule has 0 unspecified atom stereocenters. The molecule has 2 rings (SSSR count). The molecule has 90 valence electrons. The summed E-state index contributed by atoms with van der Waals surface area (Å²) in [5.74, 6) is 0. The number of nitrogens with one attached hydrogen (secondary N) is 1. The lowest BCUT2D eigenvalue weighted by Crippen LogP contribution is -2.46. The van der Waals surface area contributed by atoms with Crippen molar-refractivity contribution in [2.45, 2.75) is 12.5 Å². The second kappa shape index (κ2) is 5.53. The third-order valence-corrected chi connectivity index (χ3v) is 4.36. The number of hydrogen-bond acceptors (Lipinski definition) is 3. The zero-order valence-electron chi connectivity index (χ0n) is 8.63. The SMILES string of the molecule is FC(F)[C@H](c1ccc(Br)s1)N1CCNCC1. The van der Waals surface area contributed by atoms with E-state index in [1.807, 2.05) is 11.0 Å². The molecule has 1 saturated heterocycles. The molecule has 0 aliphatic carbocycles. The van der Waals surface area contributed by atoms with Gasteiger partial charge < -0.3 is 5.32 Å². The van der Waals surface area contributed by atoms with Crippen LogP contribution in [-0.2, 0) is 0 Å². The van der Waals surface area contributed by atoms with Gasteiger partial charge in [0.2, 0.25) is 0 Å². The lowest BCUT2D eigenvalue weighted by molar-refractivity contribution is 0.0200. The van der Waals surface area contributed by atoms with E-state index in [4.69, 9.17) is 0 Å². The Hall–Kier alpha value is -0.0400. The molecule has 0 bridgehead atoms. The molecule has 0 amide bonds. The van der Waals surface area contributed by atoms with Crippen LogP contribution in [0.1, 0.15) is 10.9 Å². The predicted octanol–water partition coefficient (Wildman–Crippen LogP) is 2.72. The first-order chi connectivity index (χ1) is 7.68. The van der Waals surface area contributed by atoms with Crippen LogP contribution < -0.4 is 5.32 Å². The van der Waals surface area contributed by atoms with Crippen molar-refractivity contribution >= 4 is 27.3 Å². The molecular weight excluding hydrogens is 298 g/mol. The monoisotopic (exact) mass is 310 g/mol. The van der Waals surface area contributed by atoms with Gasteiger partial charge in [0.25, 0.3) is 6.43 Å². The van der Waals surface area contributed by atoms with E-state index < -0.39 is 12.5 Å². The molecule has 1 N–H and O–H groups in total. The summed E-state index contributed by atoms with van der Waals surface area (Å²) < 4.78 is 27.1. The molecule has 6 heteroatoms. The van der Waals surface area contributed by atoms with E-state index in [2.05, 4.69) is 21.2 Å². The van der Waals surface area contributed by atoms with Gasteiger partial charge in [-0.15, -0.1) is 11.3 Å². The van der Waals surface area contributed by atoms with Gasteiger partial charge >= 0.3 is 0 Å². The molecule has 2 heterocycles. The molecule has 1 aromatic rings. The van der Waals surface area contributed by atoms with Crippen LogP contribution in [0.5, 0.6) is 0 Å². The summed E-state index contributed by atoms with van der Waals surface area (Å²) in [6.45, 7) is 2.95. The summed E-state index contributed by atoms with van der Waals surface area (Å²) in [5.41, 5.74) is 0. The van der Waals surface area contributed by atoms with Gasteiger partial charge in [-0.3, -0.25) is 4.90 Å². The van der Waals surface area contributed by atoms with E-state index in [0.29, 0.717) is 13.1 Å². The lowest BCUT2D eigenvalue weighted by Gasteiger charge is -2.33. The first kappa shape index (κ1) is 12.4. The first-order valence-corrected chi connectivity index (χ1v) is 6.77. The van der Waals surface area contributed by atoms with Crippen molar-refractivity contribution in [2.75, 3.05) is 26.2 Å². The van der Waals surface area contributed by atoms with Crippen molar-refractivity contribution in [1.82, 2.24) is 10.2 Å². The molecule has 2 nitrogen and oxygen atoms in total. The van der Waals surface area contributed by atoms with Crippen LogP contribution in [0, 0.1) is 0 Å². The van der Waals surface area contributed by atoms with E-state index in [-0.39, 0.29) is 0 Å². The summed E-state index contributed by atoms with van der Waals surface area (Å²) in [5, 5.41) is 3.17. The number of rotatable bonds is 3. The van der Waals surface area contributed by atoms with Gasteiger partial charge in [0.15, 0.2) is 0 Å². The zero-order valence-corrected chi connectivity index (χ0v) is 11.0. The highest BCUT2D eigenvalue weighted by Gasteiger charge is 2.31. The third kappa shape index (κ3) is 2.80. The smallest absolute Gasteiger partial charge is 0.258 e. The number of halogens is 3. The van der Waals surface area contributed by atoms with Crippen LogP contribution in [0.2, 0.25) is 0 Å². The highest BCUT2D eigenvalue weighted by molar-refractivity contribution is 9.11. The van der Waals surface area contributed by atoms with Gasteiger partial charge in [-0.1, -0.05) is 0 Å². The largest absolute Gasteiger partial charge is 0.314 e. The molecule has 0 aromatic carbocycles. The van der Waals surface area contributed by atoms with Gasteiger partial charge in [-0.25, -0.2) is 8.78 Å². The standard InChI is InChI=1S/C10H13BrF2N2S/c11-8-2-1-7(16-8)9(10(12)13)15-5-3-14-4-6-15/h1-2,9-10,14H,3-6H2/t9-/m0/s1. The van der Waals surface area contributed by atoms with E-state index in [0.717, 1.165) is 21.8 Å². The maximum absolute atomic E-state index is 13.1. The van der Waals surface area contributed by atoms with Crippen LogP contribution in [0.15, 0.2) is 15.9 Å². The molecule has 1 fully saturated rings. The molecule has 0 spiro atoms. The molecular formula is C10H13BrF2N2S. The minimum atomic E-state index is -2.33. The van der Waals surface area contributed by atoms with Gasteiger partial charge in [0.05, 0.1) is 3.79 Å². The Kier molecular flexibility index (Phi) is 4.29. The molecule has 1 atom stereocenters. The zero-order chi connectivity index (χ0) is 11.5. The van der Waals surface area contributed by atoms with Crippen molar-refractivity contribution in [3.05, 3.63) is 20.8 Å². The Balaban J connectivity index is 2.16. The molecule has 1 aliphatic heterocycles. The van der Waals surface area contributed by atoms with Gasteiger partial charge in [-0.05, 0) is 28.1 Å². The highest BCUT2D eigenvalue weighted by Crippen LogP contribution is 2.34. The Bertz CT molecular complexity index is 339. The number of nitrogens with zero attached hydrogens (tertiary/aromatic N) is 1. The molecule has 1 aromatic heterocycles. The lowest BCUT2D eigenvalue weighted by atomic mass is 10.2. The van der Waals surface area contributed by atoms with Gasteiger partial charge in [0, 0.05) is 31.1 Å².